The smallest absolute Gasteiger partial charge is 0.254 e. The van der Waals surface area contributed by atoms with E-state index in [1.807, 2.05) is 13.8 Å². The lowest BCUT2D eigenvalue weighted by molar-refractivity contribution is 0.0595. The molecule has 0 radical (unpaired) electrons. The molecule has 0 fully saturated rings. The quantitative estimate of drug-likeness (QED) is 0.563. The van der Waals surface area contributed by atoms with E-state index in [4.69, 9.17) is 16.3 Å². The number of rotatable bonds is 7. The number of aromatic nitrogens is 1. The van der Waals surface area contributed by atoms with Gasteiger partial charge in [-0.15, -0.1) is 11.6 Å². The van der Waals surface area contributed by atoms with Gasteiger partial charge in [0.05, 0.1) is 13.2 Å². The highest BCUT2D eigenvalue weighted by molar-refractivity contribution is 6.17. The first-order valence-corrected chi connectivity index (χ1v) is 6.55. The summed E-state index contributed by atoms with van der Waals surface area (Å²) in [5.41, 5.74) is 0.649. The lowest BCUT2D eigenvalue weighted by atomic mass is 10.2. The first-order valence-electron chi connectivity index (χ1n) is 6.01. The van der Waals surface area contributed by atoms with Crippen molar-refractivity contribution < 1.29 is 9.53 Å². The minimum atomic E-state index is 0.00173. The molecule has 4 nitrogen and oxygen atoms in total. The average Bonchev–Trinajstić information content (AvgIpc) is 2.39. The van der Waals surface area contributed by atoms with Crippen LogP contribution in [0, 0.1) is 0 Å². The molecule has 1 aromatic heterocycles. The van der Waals surface area contributed by atoms with Crippen molar-refractivity contribution in [3.63, 3.8) is 0 Å². The molecule has 0 aliphatic heterocycles. The zero-order valence-electron chi connectivity index (χ0n) is 10.8. The Labute approximate surface area is 113 Å². The number of halogens is 1. The van der Waals surface area contributed by atoms with E-state index < -0.39 is 0 Å². The van der Waals surface area contributed by atoms with E-state index in [9.17, 15) is 4.79 Å². The van der Waals surface area contributed by atoms with Gasteiger partial charge in [-0.2, -0.15) is 0 Å². The number of carbonyl (C=O) groups excluding carboxylic acids is 1. The Balaban J connectivity index is 2.59. The van der Waals surface area contributed by atoms with Gasteiger partial charge in [0.25, 0.3) is 5.91 Å². The van der Waals surface area contributed by atoms with Crippen LogP contribution in [-0.2, 0) is 4.74 Å². The van der Waals surface area contributed by atoms with Crippen LogP contribution in [0.25, 0.3) is 0 Å². The SMILES string of the molecule is CC(C)N(CCOCCCl)C(=O)c1ccncc1. The monoisotopic (exact) mass is 270 g/mol. The van der Waals surface area contributed by atoms with E-state index in [-0.39, 0.29) is 11.9 Å². The second kappa shape index (κ2) is 8.06. The maximum Gasteiger partial charge on any atom is 0.254 e. The highest BCUT2D eigenvalue weighted by Crippen LogP contribution is 2.07. The summed E-state index contributed by atoms with van der Waals surface area (Å²) in [5, 5.41) is 0. The van der Waals surface area contributed by atoms with E-state index in [1.54, 1.807) is 29.4 Å². The van der Waals surface area contributed by atoms with E-state index in [1.165, 1.54) is 0 Å². The number of ether oxygens (including phenoxy) is 1. The highest BCUT2D eigenvalue weighted by Gasteiger charge is 2.18. The predicted octanol–water partition coefficient (Wildman–Crippen LogP) is 2.19. The number of hydrogen-bond acceptors (Lipinski definition) is 3. The number of amides is 1. The van der Waals surface area contributed by atoms with Crippen LogP contribution in [0.3, 0.4) is 0 Å². The molecule has 0 saturated carbocycles. The fraction of sp³-hybridized carbons (Fsp3) is 0.538. The topological polar surface area (TPSA) is 42.4 Å². The van der Waals surface area contributed by atoms with E-state index in [0.717, 1.165) is 0 Å². The van der Waals surface area contributed by atoms with Gasteiger partial charge < -0.3 is 9.64 Å². The maximum absolute atomic E-state index is 12.3. The number of pyridine rings is 1. The van der Waals surface area contributed by atoms with E-state index >= 15 is 0 Å². The molecule has 1 rings (SSSR count). The van der Waals surface area contributed by atoms with Gasteiger partial charge >= 0.3 is 0 Å². The minimum Gasteiger partial charge on any atom is -0.378 e. The lowest BCUT2D eigenvalue weighted by Gasteiger charge is -2.26. The van der Waals surface area contributed by atoms with E-state index in [0.29, 0.717) is 31.2 Å². The second-order valence-electron chi connectivity index (χ2n) is 4.13. The molecule has 18 heavy (non-hydrogen) atoms. The molecule has 0 aliphatic carbocycles. The maximum atomic E-state index is 12.3. The highest BCUT2D eigenvalue weighted by atomic mass is 35.5. The van der Waals surface area contributed by atoms with Crippen LogP contribution < -0.4 is 0 Å². The third-order valence-corrected chi connectivity index (χ3v) is 2.66. The molecule has 1 aromatic rings. The summed E-state index contributed by atoms with van der Waals surface area (Å²) in [6.07, 6.45) is 3.24. The number of nitrogens with zero attached hydrogens (tertiary/aromatic N) is 2. The summed E-state index contributed by atoms with van der Waals surface area (Å²) in [4.78, 5) is 18.0. The van der Waals surface area contributed by atoms with Crippen LogP contribution in [0.15, 0.2) is 24.5 Å². The first kappa shape index (κ1) is 14.9. The lowest BCUT2D eigenvalue weighted by Crippen LogP contribution is -2.39. The Kier molecular flexibility index (Phi) is 6.68. The van der Waals surface area contributed by atoms with Crippen molar-refractivity contribution >= 4 is 17.5 Å². The molecule has 1 heterocycles. The molecule has 0 atom stereocenters. The molecule has 100 valence electrons. The van der Waals surface area contributed by atoms with Crippen molar-refractivity contribution in [1.29, 1.82) is 0 Å². The number of carbonyl (C=O) groups is 1. The molecule has 0 N–H and O–H groups in total. The second-order valence-corrected chi connectivity index (χ2v) is 4.51. The molecular formula is C13H19ClN2O2. The zero-order valence-corrected chi connectivity index (χ0v) is 11.6. The molecule has 0 spiro atoms. The van der Waals surface area contributed by atoms with Crippen LogP contribution >= 0.6 is 11.6 Å². The van der Waals surface area contributed by atoms with Gasteiger partial charge in [0.2, 0.25) is 0 Å². The van der Waals surface area contributed by atoms with Gasteiger partial charge in [-0.3, -0.25) is 9.78 Å². The van der Waals surface area contributed by atoms with Crippen LogP contribution in [-0.4, -0.2) is 47.5 Å². The van der Waals surface area contributed by atoms with E-state index in [2.05, 4.69) is 4.98 Å². The molecule has 5 heteroatoms. The predicted molar refractivity (Wildman–Crippen MR) is 71.9 cm³/mol. The molecule has 0 aliphatic rings. The van der Waals surface area contributed by atoms with Gasteiger partial charge in [-0.25, -0.2) is 0 Å². The van der Waals surface area contributed by atoms with Crippen LogP contribution in [0.4, 0.5) is 0 Å². The van der Waals surface area contributed by atoms with Crippen molar-refractivity contribution in [3.05, 3.63) is 30.1 Å². The van der Waals surface area contributed by atoms with Crippen LogP contribution in [0.1, 0.15) is 24.2 Å². The van der Waals surface area contributed by atoms with Gasteiger partial charge in [-0.1, -0.05) is 0 Å². The summed E-state index contributed by atoms with van der Waals surface area (Å²) >= 11 is 5.53. The molecule has 0 unspecified atom stereocenters. The number of hydrogen-bond donors (Lipinski definition) is 0. The molecule has 1 amide bonds. The summed E-state index contributed by atoms with van der Waals surface area (Å²) < 4.78 is 5.31. The molecule has 0 saturated heterocycles. The first-order chi connectivity index (χ1) is 8.66. The largest absolute Gasteiger partial charge is 0.378 e. The van der Waals surface area contributed by atoms with Crippen LogP contribution in [0.5, 0.6) is 0 Å². The fourth-order valence-corrected chi connectivity index (χ4v) is 1.68. The third-order valence-electron chi connectivity index (χ3n) is 2.51. The fourth-order valence-electron chi connectivity index (χ4n) is 1.57. The average molecular weight is 271 g/mol. The Morgan fingerprint density at radius 3 is 2.61 bits per heavy atom. The van der Waals surface area contributed by atoms with Gasteiger partial charge in [0, 0.05) is 36.4 Å². The minimum absolute atomic E-state index is 0.00173. The normalized spacial score (nSPS) is 10.7. The number of alkyl halides is 1. The van der Waals surface area contributed by atoms with Gasteiger partial charge in [0.15, 0.2) is 0 Å². The third kappa shape index (κ3) is 4.63. The van der Waals surface area contributed by atoms with Crippen molar-refractivity contribution in [1.82, 2.24) is 9.88 Å². The Morgan fingerprint density at radius 2 is 2.06 bits per heavy atom. The van der Waals surface area contributed by atoms with Crippen LogP contribution in [0.2, 0.25) is 0 Å². The molecule has 0 aromatic carbocycles. The van der Waals surface area contributed by atoms with Crippen molar-refractivity contribution in [3.8, 4) is 0 Å². The molecular weight excluding hydrogens is 252 g/mol. The Morgan fingerprint density at radius 1 is 1.39 bits per heavy atom. The Hall–Kier alpha value is -1.13. The van der Waals surface area contributed by atoms with Gasteiger partial charge in [-0.05, 0) is 26.0 Å². The molecule has 0 bridgehead atoms. The van der Waals surface area contributed by atoms with Crippen molar-refractivity contribution in [2.45, 2.75) is 19.9 Å². The van der Waals surface area contributed by atoms with Gasteiger partial charge in [0.1, 0.15) is 0 Å². The summed E-state index contributed by atoms with van der Waals surface area (Å²) in [5.74, 6) is 0.474. The summed E-state index contributed by atoms with van der Waals surface area (Å²) in [6.45, 7) is 5.55. The standard InChI is InChI=1S/C13H19ClN2O2/c1-11(2)16(8-10-18-9-5-14)13(17)12-3-6-15-7-4-12/h3-4,6-7,11H,5,8-10H2,1-2H3. The summed E-state index contributed by atoms with van der Waals surface area (Å²) in [7, 11) is 0. The van der Waals surface area contributed by atoms with Crippen molar-refractivity contribution in [2.24, 2.45) is 0 Å². The summed E-state index contributed by atoms with van der Waals surface area (Å²) in [6, 6.07) is 3.57. The van der Waals surface area contributed by atoms with Crippen molar-refractivity contribution in [2.75, 3.05) is 25.6 Å². The Bertz CT molecular complexity index is 357. The zero-order chi connectivity index (χ0) is 13.4.